The van der Waals surface area contributed by atoms with Crippen molar-refractivity contribution in [1.82, 2.24) is 0 Å². The van der Waals surface area contributed by atoms with Crippen LogP contribution in [-0.2, 0) is 19.1 Å². The van der Waals surface area contributed by atoms with E-state index in [2.05, 4.69) is 27.7 Å². The van der Waals surface area contributed by atoms with Gasteiger partial charge in [-0.1, -0.05) is 156 Å². The number of ether oxygens (including phenoxy) is 2. The van der Waals surface area contributed by atoms with Crippen LogP contribution >= 0.6 is 0 Å². The van der Waals surface area contributed by atoms with Crippen LogP contribution in [0.1, 0.15) is 182 Å². The largest absolute Gasteiger partial charge is 0.462 e. The molecular formula is C35H68O5. The van der Waals surface area contributed by atoms with Crippen LogP contribution in [-0.4, -0.2) is 36.4 Å². The Kier molecular flexibility index (Phi) is 28.6. The van der Waals surface area contributed by atoms with E-state index < -0.39 is 6.10 Å². The van der Waals surface area contributed by atoms with E-state index >= 15 is 0 Å². The Bertz CT molecular complexity index is 562. The highest BCUT2D eigenvalue weighted by Crippen LogP contribution is 2.16. The second kappa shape index (κ2) is 29.4. The molecule has 0 aliphatic heterocycles. The fraction of sp³-hybridized carbons (Fsp3) is 0.943. The summed E-state index contributed by atoms with van der Waals surface area (Å²) in [6.07, 6.45) is 27.2. The third-order valence-corrected chi connectivity index (χ3v) is 8.12. The molecule has 0 saturated carbocycles. The van der Waals surface area contributed by atoms with Gasteiger partial charge in [-0.3, -0.25) is 9.59 Å². The highest BCUT2D eigenvalue weighted by molar-refractivity contribution is 5.70. The summed E-state index contributed by atoms with van der Waals surface area (Å²) in [5.74, 6) is 1.11. The number of hydrogen-bond acceptors (Lipinski definition) is 5. The lowest BCUT2D eigenvalue weighted by Gasteiger charge is -2.15. The number of aliphatic hydroxyl groups is 1. The zero-order valence-corrected chi connectivity index (χ0v) is 27.2. The van der Waals surface area contributed by atoms with Gasteiger partial charge in [0.25, 0.3) is 0 Å². The predicted octanol–water partition coefficient (Wildman–Crippen LogP) is 10.1. The number of carbonyl (C=O) groups is 2. The quantitative estimate of drug-likeness (QED) is 0.0689. The van der Waals surface area contributed by atoms with E-state index in [0.29, 0.717) is 12.8 Å². The average Bonchev–Trinajstić information content (AvgIpc) is 2.94. The third-order valence-electron chi connectivity index (χ3n) is 8.12. The molecular weight excluding hydrogens is 500 g/mol. The molecule has 0 radical (unpaired) electrons. The molecule has 5 heteroatoms. The zero-order chi connectivity index (χ0) is 29.7. The average molecular weight is 569 g/mol. The molecule has 0 rings (SSSR count). The van der Waals surface area contributed by atoms with Crippen molar-refractivity contribution in [2.75, 3.05) is 13.2 Å². The van der Waals surface area contributed by atoms with Gasteiger partial charge in [-0.25, -0.2) is 0 Å². The summed E-state index contributed by atoms with van der Waals surface area (Å²) in [7, 11) is 0. The Morgan fingerprint density at radius 1 is 0.575 bits per heavy atom. The number of carbonyl (C=O) groups excluding carboxylic acids is 2. The van der Waals surface area contributed by atoms with E-state index in [1.54, 1.807) is 0 Å². The molecule has 0 aromatic carbocycles. The molecule has 0 amide bonds. The number of rotatable bonds is 30. The smallest absolute Gasteiger partial charge is 0.306 e. The Hall–Kier alpha value is -1.10. The van der Waals surface area contributed by atoms with Crippen LogP contribution in [0.15, 0.2) is 0 Å². The summed E-state index contributed by atoms with van der Waals surface area (Å²) < 4.78 is 10.6. The summed E-state index contributed by atoms with van der Waals surface area (Å²) in [6, 6.07) is 0. The molecule has 5 nitrogen and oxygen atoms in total. The number of aliphatic hydroxyl groups excluding tert-OH is 1. The summed E-state index contributed by atoms with van der Waals surface area (Å²) in [5.41, 5.74) is 0. The molecule has 1 unspecified atom stereocenters. The maximum absolute atomic E-state index is 12.1. The molecule has 238 valence electrons. The molecule has 0 fully saturated rings. The normalized spacial score (nSPS) is 12.9. The van der Waals surface area contributed by atoms with Crippen molar-refractivity contribution in [3.8, 4) is 0 Å². The summed E-state index contributed by atoms with van der Waals surface area (Å²) in [4.78, 5) is 24.1. The molecule has 0 aliphatic carbocycles. The van der Waals surface area contributed by atoms with E-state index in [4.69, 9.17) is 9.47 Å². The first kappa shape index (κ1) is 38.9. The minimum absolute atomic E-state index is 0.0599. The Morgan fingerprint density at radius 2 is 0.975 bits per heavy atom. The number of hydrogen-bond donors (Lipinski definition) is 1. The molecule has 1 N–H and O–H groups in total. The first-order valence-electron chi connectivity index (χ1n) is 17.3. The van der Waals surface area contributed by atoms with Crippen molar-refractivity contribution in [2.24, 2.45) is 11.8 Å². The lowest BCUT2D eigenvalue weighted by molar-refractivity contribution is -0.161. The fourth-order valence-corrected chi connectivity index (χ4v) is 5.07. The van der Waals surface area contributed by atoms with Crippen molar-refractivity contribution in [3.63, 3.8) is 0 Å². The van der Waals surface area contributed by atoms with E-state index in [1.807, 2.05) is 0 Å². The summed E-state index contributed by atoms with van der Waals surface area (Å²) in [6.45, 7) is 8.82. The fourth-order valence-electron chi connectivity index (χ4n) is 5.07. The minimum Gasteiger partial charge on any atom is -0.462 e. The Labute approximate surface area is 248 Å². The second-order valence-electron chi connectivity index (χ2n) is 12.7. The van der Waals surface area contributed by atoms with Crippen LogP contribution in [0.3, 0.4) is 0 Å². The molecule has 2 atom stereocenters. The van der Waals surface area contributed by atoms with Crippen LogP contribution in [0.2, 0.25) is 0 Å². The van der Waals surface area contributed by atoms with Gasteiger partial charge >= 0.3 is 11.9 Å². The minimum atomic E-state index is -0.762. The van der Waals surface area contributed by atoms with Gasteiger partial charge in [0.1, 0.15) is 6.61 Å². The van der Waals surface area contributed by atoms with Crippen LogP contribution in [0, 0.1) is 11.8 Å². The molecule has 0 aliphatic rings. The van der Waals surface area contributed by atoms with E-state index in [0.717, 1.165) is 50.4 Å². The van der Waals surface area contributed by atoms with Crippen LogP contribution in [0.25, 0.3) is 0 Å². The maximum Gasteiger partial charge on any atom is 0.306 e. The van der Waals surface area contributed by atoms with E-state index in [-0.39, 0.29) is 25.2 Å². The number of unbranched alkanes of at least 4 members (excludes halogenated alkanes) is 17. The van der Waals surface area contributed by atoms with Crippen molar-refractivity contribution in [2.45, 2.75) is 188 Å². The van der Waals surface area contributed by atoms with Gasteiger partial charge in [0.2, 0.25) is 0 Å². The molecule has 0 aromatic rings. The summed E-state index contributed by atoms with van der Waals surface area (Å²) >= 11 is 0. The summed E-state index contributed by atoms with van der Waals surface area (Å²) in [5, 5.41) is 9.50. The van der Waals surface area contributed by atoms with Gasteiger partial charge < -0.3 is 14.6 Å². The van der Waals surface area contributed by atoms with Gasteiger partial charge in [-0.2, -0.15) is 0 Å². The van der Waals surface area contributed by atoms with Crippen molar-refractivity contribution in [1.29, 1.82) is 0 Å². The maximum atomic E-state index is 12.1. The Morgan fingerprint density at radius 3 is 1.40 bits per heavy atom. The SMILES string of the molecule is CCC(C)CCCCCCCCCCCCC(=O)OC[C@H](CO)OC(=O)CCCCCCCCCCCC(C)C. The standard InChI is InChI=1S/C35H68O5/c1-5-32(4)26-22-18-14-10-6-7-11-15-19-23-27-34(37)39-30-33(29-36)40-35(38)28-24-20-16-12-8-9-13-17-21-25-31(2)3/h31-33,36H,5-30H2,1-4H3/t32?,33-/m0/s1. The van der Waals surface area contributed by atoms with Crippen molar-refractivity contribution >= 4 is 11.9 Å². The van der Waals surface area contributed by atoms with E-state index in [1.165, 1.54) is 103 Å². The van der Waals surface area contributed by atoms with Gasteiger partial charge in [0.15, 0.2) is 6.10 Å². The monoisotopic (exact) mass is 569 g/mol. The molecule has 0 spiro atoms. The first-order chi connectivity index (χ1) is 19.4. The van der Waals surface area contributed by atoms with Gasteiger partial charge in [-0.05, 0) is 24.7 Å². The third kappa shape index (κ3) is 28.4. The highest BCUT2D eigenvalue weighted by atomic mass is 16.6. The van der Waals surface area contributed by atoms with Gasteiger partial charge in [0, 0.05) is 12.8 Å². The van der Waals surface area contributed by atoms with Crippen LogP contribution in [0.5, 0.6) is 0 Å². The molecule has 40 heavy (non-hydrogen) atoms. The molecule has 0 saturated heterocycles. The van der Waals surface area contributed by atoms with Gasteiger partial charge in [-0.15, -0.1) is 0 Å². The van der Waals surface area contributed by atoms with E-state index in [9.17, 15) is 14.7 Å². The van der Waals surface area contributed by atoms with Crippen LogP contribution in [0.4, 0.5) is 0 Å². The Balaban J connectivity index is 3.56. The highest BCUT2D eigenvalue weighted by Gasteiger charge is 2.16. The predicted molar refractivity (Wildman–Crippen MR) is 168 cm³/mol. The van der Waals surface area contributed by atoms with Gasteiger partial charge in [0.05, 0.1) is 6.61 Å². The van der Waals surface area contributed by atoms with Crippen LogP contribution < -0.4 is 0 Å². The number of esters is 2. The first-order valence-corrected chi connectivity index (χ1v) is 17.3. The topological polar surface area (TPSA) is 72.8 Å². The molecule has 0 bridgehead atoms. The van der Waals surface area contributed by atoms with Crippen molar-refractivity contribution < 1.29 is 24.2 Å². The zero-order valence-electron chi connectivity index (χ0n) is 27.2. The second-order valence-corrected chi connectivity index (χ2v) is 12.7. The lowest BCUT2D eigenvalue weighted by Crippen LogP contribution is -2.28. The van der Waals surface area contributed by atoms with Crippen molar-refractivity contribution in [3.05, 3.63) is 0 Å². The lowest BCUT2D eigenvalue weighted by atomic mass is 9.99. The molecule has 0 aromatic heterocycles. The molecule has 0 heterocycles.